The second-order valence-electron chi connectivity index (χ2n) is 3.87. The van der Waals surface area contributed by atoms with Crippen LogP contribution >= 0.6 is 0 Å². The molecule has 0 aliphatic carbocycles. The van der Waals surface area contributed by atoms with Crippen molar-refractivity contribution in [1.82, 2.24) is 15.3 Å². The average molecular weight is 209 g/mol. The summed E-state index contributed by atoms with van der Waals surface area (Å²) in [5, 5.41) is 3.23. The van der Waals surface area contributed by atoms with Crippen molar-refractivity contribution in [2.45, 2.75) is 32.9 Å². The van der Waals surface area contributed by atoms with E-state index in [2.05, 4.69) is 22.2 Å². The van der Waals surface area contributed by atoms with Gasteiger partial charge in [-0.1, -0.05) is 6.92 Å². The zero-order valence-electron chi connectivity index (χ0n) is 9.87. The highest BCUT2D eigenvalue weighted by molar-refractivity contribution is 5.06. The van der Waals surface area contributed by atoms with Crippen molar-refractivity contribution in [3.63, 3.8) is 0 Å². The lowest BCUT2D eigenvalue weighted by atomic mass is 10.1. The van der Waals surface area contributed by atoms with Gasteiger partial charge in [0, 0.05) is 19.9 Å². The number of nitrogens with one attached hydrogen (secondary N) is 1. The van der Waals surface area contributed by atoms with Crippen molar-refractivity contribution in [2.75, 3.05) is 13.7 Å². The Labute approximate surface area is 91.1 Å². The number of hydrogen-bond donors (Lipinski definition) is 1. The Morgan fingerprint density at radius 3 is 2.80 bits per heavy atom. The van der Waals surface area contributed by atoms with Gasteiger partial charge in [-0.15, -0.1) is 0 Å². The first-order valence-electron chi connectivity index (χ1n) is 5.18. The molecule has 0 aliphatic rings. The van der Waals surface area contributed by atoms with Crippen LogP contribution in [0.15, 0.2) is 12.3 Å². The largest absolute Gasteiger partial charge is 0.371 e. The van der Waals surface area contributed by atoms with Gasteiger partial charge in [0.15, 0.2) is 5.82 Å². The molecular weight excluding hydrogens is 190 g/mol. The van der Waals surface area contributed by atoms with Crippen LogP contribution in [0.5, 0.6) is 0 Å². The third-order valence-corrected chi connectivity index (χ3v) is 2.32. The monoisotopic (exact) mass is 209 g/mol. The Kier molecular flexibility index (Phi) is 4.17. The number of methoxy groups -OCH3 is 1. The smallest absolute Gasteiger partial charge is 0.159 e. The molecule has 0 saturated carbocycles. The van der Waals surface area contributed by atoms with Gasteiger partial charge in [0.2, 0.25) is 0 Å². The van der Waals surface area contributed by atoms with E-state index in [4.69, 9.17) is 4.74 Å². The summed E-state index contributed by atoms with van der Waals surface area (Å²) in [4.78, 5) is 8.68. The normalized spacial score (nSPS) is 11.7. The summed E-state index contributed by atoms with van der Waals surface area (Å²) in [5.41, 5.74) is 0.564. The SMILES string of the molecule is CCNCc1ccnc(C(C)(C)OC)n1. The summed E-state index contributed by atoms with van der Waals surface area (Å²) < 4.78 is 5.34. The van der Waals surface area contributed by atoms with E-state index in [-0.39, 0.29) is 0 Å². The summed E-state index contributed by atoms with van der Waals surface area (Å²) in [7, 11) is 1.67. The van der Waals surface area contributed by atoms with Crippen molar-refractivity contribution in [3.8, 4) is 0 Å². The van der Waals surface area contributed by atoms with E-state index in [0.717, 1.165) is 24.6 Å². The Morgan fingerprint density at radius 1 is 1.47 bits per heavy atom. The van der Waals surface area contributed by atoms with Gasteiger partial charge in [-0.25, -0.2) is 9.97 Å². The molecule has 84 valence electrons. The first-order valence-corrected chi connectivity index (χ1v) is 5.18. The molecule has 4 heteroatoms. The molecule has 0 spiro atoms. The fourth-order valence-corrected chi connectivity index (χ4v) is 1.13. The minimum atomic E-state index is -0.428. The van der Waals surface area contributed by atoms with Gasteiger partial charge in [0.05, 0.1) is 5.69 Å². The number of hydrogen-bond acceptors (Lipinski definition) is 4. The Hall–Kier alpha value is -1.00. The maximum atomic E-state index is 5.34. The van der Waals surface area contributed by atoms with Crippen molar-refractivity contribution in [1.29, 1.82) is 0 Å². The highest BCUT2D eigenvalue weighted by atomic mass is 16.5. The van der Waals surface area contributed by atoms with Crippen LogP contribution in [0.1, 0.15) is 32.3 Å². The van der Waals surface area contributed by atoms with Crippen LogP contribution in [-0.2, 0) is 16.9 Å². The molecule has 4 nitrogen and oxygen atoms in total. The van der Waals surface area contributed by atoms with E-state index in [1.165, 1.54) is 0 Å². The highest BCUT2D eigenvalue weighted by Crippen LogP contribution is 2.19. The molecule has 0 saturated heterocycles. The fraction of sp³-hybridized carbons (Fsp3) is 0.636. The fourth-order valence-electron chi connectivity index (χ4n) is 1.13. The topological polar surface area (TPSA) is 47.0 Å². The van der Waals surface area contributed by atoms with E-state index < -0.39 is 5.60 Å². The maximum absolute atomic E-state index is 5.34. The standard InChI is InChI=1S/C11H19N3O/c1-5-12-8-9-6-7-13-10(14-9)11(2,3)15-4/h6-7,12H,5,8H2,1-4H3. The van der Waals surface area contributed by atoms with Crippen LogP contribution in [-0.4, -0.2) is 23.6 Å². The molecule has 1 rings (SSSR count). The second-order valence-corrected chi connectivity index (χ2v) is 3.87. The average Bonchev–Trinajstić information content (AvgIpc) is 2.27. The number of rotatable bonds is 5. The number of aromatic nitrogens is 2. The molecule has 0 aliphatic heterocycles. The van der Waals surface area contributed by atoms with Crippen molar-refractivity contribution in [2.24, 2.45) is 0 Å². The molecule has 1 aromatic heterocycles. The minimum absolute atomic E-state index is 0.428. The lowest BCUT2D eigenvalue weighted by Gasteiger charge is -2.21. The highest BCUT2D eigenvalue weighted by Gasteiger charge is 2.22. The lowest BCUT2D eigenvalue weighted by Crippen LogP contribution is -2.24. The van der Waals surface area contributed by atoms with Crippen LogP contribution in [0.25, 0.3) is 0 Å². The quantitative estimate of drug-likeness (QED) is 0.797. The maximum Gasteiger partial charge on any atom is 0.159 e. The molecule has 0 bridgehead atoms. The predicted molar refractivity (Wildman–Crippen MR) is 59.4 cm³/mol. The van der Waals surface area contributed by atoms with Gasteiger partial charge in [0.1, 0.15) is 5.60 Å². The van der Waals surface area contributed by atoms with Gasteiger partial charge in [-0.2, -0.15) is 0 Å². The Morgan fingerprint density at radius 2 is 2.20 bits per heavy atom. The third kappa shape index (κ3) is 3.25. The van der Waals surface area contributed by atoms with Crippen LogP contribution in [0.2, 0.25) is 0 Å². The summed E-state index contributed by atoms with van der Waals surface area (Å²) in [5.74, 6) is 0.723. The molecule has 15 heavy (non-hydrogen) atoms. The van der Waals surface area contributed by atoms with E-state index >= 15 is 0 Å². The summed E-state index contributed by atoms with van der Waals surface area (Å²) in [6.07, 6.45) is 1.77. The molecule has 1 heterocycles. The Balaban J connectivity index is 2.82. The van der Waals surface area contributed by atoms with Gasteiger partial charge in [-0.3, -0.25) is 0 Å². The zero-order chi connectivity index (χ0) is 11.3. The first kappa shape index (κ1) is 12.1. The summed E-state index contributed by atoms with van der Waals surface area (Å²) >= 11 is 0. The van der Waals surface area contributed by atoms with Crippen molar-refractivity contribution in [3.05, 3.63) is 23.8 Å². The molecule has 0 atom stereocenters. The molecule has 0 aromatic carbocycles. The minimum Gasteiger partial charge on any atom is -0.371 e. The van der Waals surface area contributed by atoms with Gasteiger partial charge in [0.25, 0.3) is 0 Å². The molecule has 0 fully saturated rings. The van der Waals surface area contributed by atoms with Crippen LogP contribution in [0.3, 0.4) is 0 Å². The molecule has 0 unspecified atom stereocenters. The predicted octanol–water partition coefficient (Wildman–Crippen LogP) is 1.47. The Bertz CT molecular complexity index is 312. The lowest BCUT2D eigenvalue weighted by molar-refractivity contribution is 0.0112. The molecular formula is C11H19N3O. The molecule has 1 N–H and O–H groups in total. The summed E-state index contributed by atoms with van der Waals surface area (Å²) in [6, 6.07) is 1.91. The van der Waals surface area contributed by atoms with Crippen molar-refractivity contribution < 1.29 is 4.74 Å². The molecule has 1 aromatic rings. The van der Waals surface area contributed by atoms with Gasteiger partial charge in [-0.05, 0) is 26.5 Å². The number of nitrogens with zero attached hydrogens (tertiary/aromatic N) is 2. The van der Waals surface area contributed by atoms with E-state index in [1.807, 2.05) is 19.9 Å². The van der Waals surface area contributed by atoms with Gasteiger partial charge >= 0.3 is 0 Å². The zero-order valence-corrected chi connectivity index (χ0v) is 9.87. The third-order valence-electron chi connectivity index (χ3n) is 2.32. The van der Waals surface area contributed by atoms with Gasteiger partial charge < -0.3 is 10.1 Å². The van der Waals surface area contributed by atoms with E-state index in [1.54, 1.807) is 13.3 Å². The summed E-state index contributed by atoms with van der Waals surface area (Å²) in [6.45, 7) is 7.69. The molecule has 0 amide bonds. The van der Waals surface area contributed by atoms with Crippen molar-refractivity contribution >= 4 is 0 Å². The number of ether oxygens (including phenoxy) is 1. The van der Waals surface area contributed by atoms with Crippen LogP contribution in [0, 0.1) is 0 Å². The molecule has 0 radical (unpaired) electrons. The van der Waals surface area contributed by atoms with E-state index in [0.29, 0.717) is 0 Å². The van der Waals surface area contributed by atoms with Crippen LogP contribution in [0.4, 0.5) is 0 Å². The first-order chi connectivity index (χ1) is 7.10. The second kappa shape index (κ2) is 5.19. The van der Waals surface area contributed by atoms with Crippen LogP contribution < -0.4 is 5.32 Å². The van der Waals surface area contributed by atoms with E-state index in [9.17, 15) is 0 Å².